The summed E-state index contributed by atoms with van der Waals surface area (Å²) in [5.41, 5.74) is 2.32. The summed E-state index contributed by atoms with van der Waals surface area (Å²) in [6.07, 6.45) is 8.38. The first-order valence-corrected chi connectivity index (χ1v) is 7.45. The molecule has 1 fully saturated rings. The van der Waals surface area contributed by atoms with Crippen molar-refractivity contribution >= 4 is 10.9 Å². The Hall–Kier alpha value is -2.20. The summed E-state index contributed by atoms with van der Waals surface area (Å²) < 4.78 is 2.22. The van der Waals surface area contributed by atoms with Crippen LogP contribution in [0, 0.1) is 0 Å². The molecule has 0 saturated heterocycles. The first-order chi connectivity index (χ1) is 10.4. The highest BCUT2D eigenvalue weighted by molar-refractivity contribution is 5.78. The molecule has 0 spiro atoms. The highest BCUT2D eigenvalue weighted by Crippen LogP contribution is 2.19. The standard InChI is InChI=1S/C17H18N4/c1-2-14-10-13(3-6-16(14)18-7-1)12-21-9-8-19-17(21)11-20-15-4-5-15/h1-3,6-10,15,20H,4-5,11-12H2. The number of imidazole rings is 1. The summed E-state index contributed by atoms with van der Waals surface area (Å²) in [7, 11) is 0. The van der Waals surface area contributed by atoms with E-state index in [0.29, 0.717) is 6.04 Å². The van der Waals surface area contributed by atoms with E-state index in [9.17, 15) is 0 Å². The van der Waals surface area contributed by atoms with Crippen molar-refractivity contribution < 1.29 is 0 Å². The van der Waals surface area contributed by atoms with Gasteiger partial charge in [0.05, 0.1) is 12.1 Å². The van der Waals surface area contributed by atoms with Gasteiger partial charge in [-0.15, -0.1) is 0 Å². The molecular weight excluding hydrogens is 260 g/mol. The number of hydrogen-bond acceptors (Lipinski definition) is 3. The van der Waals surface area contributed by atoms with Crippen LogP contribution in [0.4, 0.5) is 0 Å². The summed E-state index contributed by atoms with van der Waals surface area (Å²) in [5.74, 6) is 1.10. The molecule has 1 N–H and O–H groups in total. The van der Waals surface area contributed by atoms with Gasteiger partial charge >= 0.3 is 0 Å². The van der Waals surface area contributed by atoms with Crippen LogP contribution in [-0.4, -0.2) is 20.6 Å². The number of nitrogens with zero attached hydrogens (tertiary/aromatic N) is 3. The molecule has 0 radical (unpaired) electrons. The van der Waals surface area contributed by atoms with E-state index in [2.05, 4.69) is 50.3 Å². The Bertz CT molecular complexity index is 758. The third-order valence-corrected chi connectivity index (χ3v) is 3.95. The molecule has 1 aliphatic rings. The lowest BCUT2D eigenvalue weighted by atomic mass is 10.1. The Kier molecular flexibility index (Phi) is 3.16. The number of rotatable bonds is 5. The van der Waals surface area contributed by atoms with E-state index < -0.39 is 0 Å². The van der Waals surface area contributed by atoms with Crippen LogP contribution in [0.1, 0.15) is 24.2 Å². The zero-order chi connectivity index (χ0) is 14.1. The third-order valence-electron chi connectivity index (χ3n) is 3.95. The van der Waals surface area contributed by atoms with Crippen LogP contribution in [0.2, 0.25) is 0 Å². The molecule has 2 aromatic heterocycles. The molecule has 1 aromatic carbocycles. The molecule has 4 rings (SSSR count). The Labute approximate surface area is 123 Å². The van der Waals surface area contributed by atoms with Crippen LogP contribution in [0.5, 0.6) is 0 Å². The normalized spacial score (nSPS) is 14.7. The van der Waals surface area contributed by atoms with Gasteiger partial charge in [-0.25, -0.2) is 4.98 Å². The van der Waals surface area contributed by atoms with Crippen molar-refractivity contribution in [3.8, 4) is 0 Å². The lowest BCUT2D eigenvalue weighted by Crippen LogP contribution is -2.19. The van der Waals surface area contributed by atoms with E-state index >= 15 is 0 Å². The SMILES string of the molecule is c1cnc2ccc(Cn3ccnc3CNC3CC3)cc2c1. The number of aromatic nitrogens is 3. The summed E-state index contributed by atoms with van der Waals surface area (Å²) in [5, 5.41) is 4.71. The maximum Gasteiger partial charge on any atom is 0.122 e. The average Bonchev–Trinajstić information content (AvgIpc) is 3.25. The van der Waals surface area contributed by atoms with Crippen molar-refractivity contribution in [1.82, 2.24) is 19.9 Å². The van der Waals surface area contributed by atoms with Gasteiger partial charge < -0.3 is 9.88 Å². The van der Waals surface area contributed by atoms with Gasteiger partial charge in [-0.1, -0.05) is 12.1 Å². The lowest BCUT2D eigenvalue weighted by molar-refractivity contribution is 0.618. The van der Waals surface area contributed by atoms with Crippen molar-refractivity contribution in [1.29, 1.82) is 0 Å². The van der Waals surface area contributed by atoms with Gasteiger partial charge in [0.25, 0.3) is 0 Å². The van der Waals surface area contributed by atoms with Crippen molar-refractivity contribution in [3.63, 3.8) is 0 Å². The van der Waals surface area contributed by atoms with Crippen molar-refractivity contribution in [3.05, 3.63) is 60.3 Å². The number of benzene rings is 1. The van der Waals surface area contributed by atoms with Crippen molar-refractivity contribution in [2.24, 2.45) is 0 Å². The summed E-state index contributed by atoms with van der Waals surface area (Å²) in [4.78, 5) is 8.83. The molecule has 0 bridgehead atoms. The summed E-state index contributed by atoms with van der Waals surface area (Å²) >= 11 is 0. The minimum atomic E-state index is 0.710. The monoisotopic (exact) mass is 278 g/mol. The maximum absolute atomic E-state index is 4.46. The van der Waals surface area contributed by atoms with Crippen LogP contribution in [0.15, 0.2) is 48.9 Å². The van der Waals surface area contributed by atoms with Crippen molar-refractivity contribution in [2.75, 3.05) is 0 Å². The zero-order valence-electron chi connectivity index (χ0n) is 11.9. The average molecular weight is 278 g/mol. The van der Waals surface area contributed by atoms with E-state index in [-0.39, 0.29) is 0 Å². The fraction of sp³-hybridized carbons (Fsp3) is 0.294. The molecule has 21 heavy (non-hydrogen) atoms. The predicted octanol–water partition coefficient (Wildman–Crippen LogP) is 2.73. The van der Waals surface area contributed by atoms with Gasteiger partial charge in [0.1, 0.15) is 5.82 Å². The predicted molar refractivity (Wildman–Crippen MR) is 82.9 cm³/mol. The first-order valence-electron chi connectivity index (χ1n) is 7.45. The van der Waals surface area contributed by atoms with Crippen molar-refractivity contribution in [2.45, 2.75) is 32.0 Å². The zero-order valence-corrected chi connectivity index (χ0v) is 11.9. The van der Waals surface area contributed by atoms with Gasteiger partial charge in [-0.05, 0) is 36.6 Å². The van der Waals surface area contributed by atoms with E-state index in [1.807, 2.05) is 18.5 Å². The maximum atomic E-state index is 4.46. The molecule has 4 nitrogen and oxygen atoms in total. The largest absolute Gasteiger partial charge is 0.329 e. The Morgan fingerprint density at radius 1 is 1.14 bits per heavy atom. The molecule has 4 heteroatoms. The number of nitrogens with one attached hydrogen (secondary N) is 1. The molecule has 1 saturated carbocycles. The Balaban J connectivity index is 1.54. The molecular formula is C17H18N4. The molecule has 2 heterocycles. The molecule has 0 amide bonds. The van der Waals surface area contributed by atoms with Crippen LogP contribution in [-0.2, 0) is 13.1 Å². The van der Waals surface area contributed by atoms with Crippen LogP contribution in [0.25, 0.3) is 10.9 Å². The fourth-order valence-electron chi connectivity index (χ4n) is 2.59. The second-order valence-electron chi connectivity index (χ2n) is 5.66. The highest BCUT2D eigenvalue weighted by Gasteiger charge is 2.20. The topological polar surface area (TPSA) is 42.7 Å². The Morgan fingerprint density at radius 3 is 3.00 bits per heavy atom. The minimum Gasteiger partial charge on any atom is -0.329 e. The third kappa shape index (κ3) is 2.81. The lowest BCUT2D eigenvalue weighted by Gasteiger charge is -2.09. The summed E-state index contributed by atoms with van der Waals surface area (Å²) in [6, 6.07) is 11.2. The number of pyridine rings is 1. The van der Waals surface area contributed by atoms with Gasteiger partial charge in [0.15, 0.2) is 0 Å². The van der Waals surface area contributed by atoms with Gasteiger partial charge in [0, 0.05) is 36.6 Å². The Morgan fingerprint density at radius 2 is 2.10 bits per heavy atom. The van der Waals surface area contributed by atoms with Gasteiger partial charge in [-0.3, -0.25) is 4.98 Å². The van der Waals surface area contributed by atoms with Gasteiger partial charge in [-0.2, -0.15) is 0 Å². The molecule has 1 aliphatic carbocycles. The molecule has 3 aromatic rings. The molecule has 0 atom stereocenters. The van der Waals surface area contributed by atoms with Gasteiger partial charge in [0.2, 0.25) is 0 Å². The number of fused-ring (bicyclic) bond motifs is 1. The second kappa shape index (κ2) is 5.30. The minimum absolute atomic E-state index is 0.710. The molecule has 0 aliphatic heterocycles. The van der Waals surface area contributed by atoms with Crippen LogP contribution in [0.3, 0.4) is 0 Å². The first kappa shape index (κ1) is 12.5. The molecule has 0 unspecified atom stereocenters. The van der Waals surface area contributed by atoms with E-state index in [1.165, 1.54) is 23.8 Å². The number of hydrogen-bond donors (Lipinski definition) is 1. The highest BCUT2D eigenvalue weighted by atomic mass is 15.1. The fourth-order valence-corrected chi connectivity index (χ4v) is 2.59. The molecule has 106 valence electrons. The van der Waals surface area contributed by atoms with E-state index in [4.69, 9.17) is 0 Å². The summed E-state index contributed by atoms with van der Waals surface area (Å²) in [6.45, 7) is 1.71. The quantitative estimate of drug-likeness (QED) is 0.780. The second-order valence-corrected chi connectivity index (χ2v) is 5.66. The van der Waals surface area contributed by atoms with E-state index in [1.54, 1.807) is 0 Å². The van der Waals surface area contributed by atoms with Crippen LogP contribution >= 0.6 is 0 Å². The van der Waals surface area contributed by atoms with E-state index in [0.717, 1.165) is 24.4 Å². The van der Waals surface area contributed by atoms with Crippen LogP contribution < -0.4 is 5.32 Å². The smallest absolute Gasteiger partial charge is 0.122 e.